The predicted molar refractivity (Wildman–Crippen MR) is 122 cm³/mol. The first kappa shape index (κ1) is 20.4. The first-order chi connectivity index (χ1) is 15.7. The zero-order valence-corrected chi connectivity index (χ0v) is 18.0. The maximum Gasteiger partial charge on any atom is 0.255 e. The molecule has 7 nitrogen and oxygen atoms in total. The number of carbonyl (C=O) groups is 2. The normalized spacial score (nSPS) is 16.6. The van der Waals surface area contributed by atoms with E-state index in [1.54, 1.807) is 23.2 Å². The fourth-order valence-electron chi connectivity index (χ4n) is 3.82. The summed E-state index contributed by atoms with van der Waals surface area (Å²) < 4.78 is 11.3. The molecule has 1 atom stereocenters. The van der Waals surface area contributed by atoms with Crippen molar-refractivity contribution in [3.63, 3.8) is 0 Å². The molecule has 3 aromatic rings. The average molecular weight is 448 g/mol. The standard InChI is InChI=1S/C24H21N3O4S/c28-22(26-21-7-3-4-10-25-21)15-32-24-18-6-2-1-5-17(18)23(29)27(24)14-16-8-9-19-20(13-16)31-12-11-30-19/h1-10,13,24H,11-12,14-15H2,(H,25,26,28). The molecule has 2 amide bonds. The van der Waals surface area contributed by atoms with Gasteiger partial charge in [-0.25, -0.2) is 4.98 Å². The van der Waals surface area contributed by atoms with Gasteiger partial charge in [0.15, 0.2) is 11.5 Å². The molecule has 8 heteroatoms. The topological polar surface area (TPSA) is 80.8 Å². The summed E-state index contributed by atoms with van der Waals surface area (Å²) in [5, 5.41) is 2.53. The van der Waals surface area contributed by atoms with Crippen LogP contribution in [0, 0.1) is 0 Å². The molecule has 0 saturated carbocycles. The molecule has 0 fully saturated rings. The molecule has 2 aliphatic rings. The molecular formula is C24H21N3O4S. The molecular weight excluding hydrogens is 426 g/mol. The van der Waals surface area contributed by atoms with Gasteiger partial charge in [-0.05, 0) is 41.5 Å². The quantitative estimate of drug-likeness (QED) is 0.618. The monoisotopic (exact) mass is 447 g/mol. The van der Waals surface area contributed by atoms with Crippen molar-refractivity contribution in [2.75, 3.05) is 24.3 Å². The molecule has 1 aromatic heterocycles. The van der Waals surface area contributed by atoms with E-state index in [-0.39, 0.29) is 22.9 Å². The Hall–Kier alpha value is -3.52. The van der Waals surface area contributed by atoms with Crippen LogP contribution in [0.1, 0.15) is 26.9 Å². The second-order valence-corrected chi connectivity index (χ2v) is 8.49. The van der Waals surface area contributed by atoms with Crippen molar-refractivity contribution in [3.8, 4) is 11.5 Å². The van der Waals surface area contributed by atoms with Gasteiger partial charge >= 0.3 is 0 Å². The van der Waals surface area contributed by atoms with E-state index in [9.17, 15) is 9.59 Å². The van der Waals surface area contributed by atoms with Crippen LogP contribution < -0.4 is 14.8 Å². The summed E-state index contributed by atoms with van der Waals surface area (Å²) >= 11 is 1.42. The molecule has 3 heterocycles. The number of nitrogens with one attached hydrogen (secondary N) is 1. The van der Waals surface area contributed by atoms with Crippen LogP contribution in [0.5, 0.6) is 11.5 Å². The van der Waals surface area contributed by atoms with Gasteiger partial charge < -0.3 is 19.7 Å². The van der Waals surface area contributed by atoms with Gasteiger partial charge in [0.1, 0.15) is 24.4 Å². The Morgan fingerprint density at radius 2 is 1.88 bits per heavy atom. The molecule has 32 heavy (non-hydrogen) atoms. The lowest BCUT2D eigenvalue weighted by Gasteiger charge is -2.26. The summed E-state index contributed by atoms with van der Waals surface area (Å²) in [7, 11) is 0. The fourth-order valence-corrected chi connectivity index (χ4v) is 4.94. The zero-order valence-electron chi connectivity index (χ0n) is 17.2. The molecule has 1 unspecified atom stereocenters. The van der Waals surface area contributed by atoms with E-state index in [0.717, 1.165) is 11.1 Å². The van der Waals surface area contributed by atoms with Gasteiger partial charge in [0.2, 0.25) is 5.91 Å². The van der Waals surface area contributed by atoms with Gasteiger partial charge in [-0.2, -0.15) is 0 Å². The van der Waals surface area contributed by atoms with Gasteiger partial charge in [0.05, 0.1) is 5.75 Å². The Morgan fingerprint density at radius 3 is 2.72 bits per heavy atom. The van der Waals surface area contributed by atoms with E-state index in [4.69, 9.17) is 9.47 Å². The second-order valence-electron chi connectivity index (χ2n) is 7.42. The Bertz CT molecular complexity index is 1150. The molecule has 5 rings (SSSR count). The average Bonchev–Trinajstić information content (AvgIpc) is 3.09. The number of fused-ring (bicyclic) bond motifs is 2. The number of benzene rings is 2. The van der Waals surface area contributed by atoms with Crippen molar-refractivity contribution in [2.45, 2.75) is 11.9 Å². The van der Waals surface area contributed by atoms with Gasteiger partial charge in [-0.3, -0.25) is 9.59 Å². The molecule has 1 N–H and O–H groups in total. The maximum absolute atomic E-state index is 13.2. The number of amides is 2. The van der Waals surface area contributed by atoms with Crippen molar-refractivity contribution in [1.29, 1.82) is 0 Å². The van der Waals surface area contributed by atoms with E-state index in [1.807, 2.05) is 48.5 Å². The molecule has 0 saturated heterocycles. The number of anilines is 1. The first-order valence-electron chi connectivity index (χ1n) is 10.3. The van der Waals surface area contributed by atoms with Crippen molar-refractivity contribution < 1.29 is 19.1 Å². The third kappa shape index (κ3) is 4.13. The van der Waals surface area contributed by atoms with Gasteiger partial charge in [0.25, 0.3) is 5.91 Å². The highest BCUT2D eigenvalue weighted by Crippen LogP contribution is 2.42. The number of nitrogens with zero attached hydrogens (tertiary/aromatic N) is 2. The van der Waals surface area contributed by atoms with E-state index in [2.05, 4.69) is 10.3 Å². The zero-order chi connectivity index (χ0) is 21.9. The number of ether oxygens (including phenoxy) is 2. The summed E-state index contributed by atoms with van der Waals surface area (Å²) in [6, 6.07) is 18.7. The summed E-state index contributed by atoms with van der Waals surface area (Å²) in [5.41, 5.74) is 2.54. The lowest BCUT2D eigenvalue weighted by molar-refractivity contribution is -0.113. The fraction of sp³-hybridized carbons (Fsp3) is 0.208. The summed E-state index contributed by atoms with van der Waals surface area (Å²) in [6.07, 6.45) is 1.63. The SMILES string of the molecule is O=C(CSC1c2ccccc2C(=O)N1Cc1ccc2c(c1)OCCO2)Nc1ccccn1. The minimum absolute atomic E-state index is 0.0434. The molecule has 0 spiro atoms. The highest BCUT2D eigenvalue weighted by atomic mass is 32.2. The Kier molecular flexibility index (Phi) is 5.68. The van der Waals surface area contributed by atoms with Crippen LogP contribution in [0.4, 0.5) is 5.82 Å². The predicted octanol–water partition coefficient (Wildman–Crippen LogP) is 3.88. The minimum Gasteiger partial charge on any atom is -0.486 e. The summed E-state index contributed by atoms with van der Waals surface area (Å²) in [5.74, 6) is 1.91. The van der Waals surface area contributed by atoms with Crippen LogP contribution in [0.15, 0.2) is 66.9 Å². The Balaban J connectivity index is 1.34. The third-order valence-electron chi connectivity index (χ3n) is 5.27. The van der Waals surface area contributed by atoms with Crippen LogP contribution in [0.25, 0.3) is 0 Å². The maximum atomic E-state index is 13.2. The number of thioether (sulfide) groups is 1. The van der Waals surface area contributed by atoms with Gasteiger partial charge in [-0.15, -0.1) is 11.8 Å². The highest BCUT2D eigenvalue weighted by Gasteiger charge is 2.37. The molecule has 162 valence electrons. The molecule has 0 bridgehead atoms. The third-order valence-corrected chi connectivity index (χ3v) is 6.52. The first-order valence-corrected chi connectivity index (χ1v) is 11.3. The van der Waals surface area contributed by atoms with Crippen LogP contribution in [-0.2, 0) is 11.3 Å². The summed E-state index contributed by atoms with van der Waals surface area (Å²) in [6.45, 7) is 1.45. The Morgan fingerprint density at radius 1 is 1.06 bits per heavy atom. The van der Waals surface area contributed by atoms with E-state index in [1.165, 1.54) is 11.8 Å². The van der Waals surface area contributed by atoms with Crippen LogP contribution in [0.3, 0.4) is 0 Å². The largest absolute Gasteiger partial charge is 0.486 e. The van der Waals surface area contributed by atoms with Crippen molar-refractivity contribution in [3.05, 3.63) is 83.6 Å². The van der Waals surface area contributed by atoms with Crippen LogP contribution >= 0.6 is 11.8 Å². The van der Waals surface area contributed by atoms with E-state index in [0.29, 0.717) is 42.6 Å². The lowest BCUT2D eigenvalue weighted by Crippen LogP contribution is -2.27. The number of rotatable bonds is 6. The van der Waals surface area contributed by atoms with Crippen molar-refractivity contribution in [1.82, 2.24) is 9.88 Å². The van der Waals surface area contributed by atoms with Crippen molar-refractivity contribution in [2.24, 2.45) is 0 Å². The number of hydrogen-bond acceptors (Lipinski definition) is 6. The molecule has 2 aromatic carbocycles. The van der Waals surface area contributed by atoms with Crippen LogP contribution in [0.2, 0.25) is 0 Å². The highest BCUT2D eigenvalue weighted by molar-refractivity contribution is 8.00. The van der Waals surface area contributed by atoms with Crippen molar-refractivity contribution >= 4 is 29.4 Å². The number of pyridine rings is 1. The lowest BCUT2D eigenvalue weighted by atomic mass is 10.1. The number of hydrogen-bond donors (Lipinski definition) is 1. The molecule has 0 radical (unpaired) electrons. The molecule has 2 aliphatic heterocycles. The number of carbonyl (C=O) groups excluding carboxylic acids is 2. The minimum atomic E-state index is -0.263. The molecule has 0 aliphatic carbocycles. The summed E-state index contributed by atoms with van der Waals surface area (Å²) in [4.78, 5) is 31.6. The van der Waals surface area contributed by atoms with Gasteiger partial charge in [0, 0.05) is 18.3 Å². The number of aromatic nitrogens is 1. The van der Waals surface area contributed by atoms with Crippen LogP contribution in [-0.4, -0.2) is 40.7 Å². The smallest absolute Gasteiger partial charge is 0.255 e. The van der Waals surface area contributed by atoms with E-state index < -0.39 is 0 Å². The van der Waals surface area contributed by atoms with Gasteiger partial charge in [-0.1, -0.05) is 30.3 Å². The second kappa shape index (κ2) is 8.92. The van der Waals surface area contributed by atoms with E-state index >= 15 is 0 Å². The Labute approximate surface area is 189 Å².